The first kappa shape index (κ1) is 11.3. The van der Waals surface area contributed by atoms with Crippen LogP contribution in [0.2, 0.25) is 0 Å². The van der Waals surface area contributed by atoms with Crippen molar-refractivity contribution in [2.45, 2.75) is 36.3 Å². The number of carbonyl (C=O) groups is 1. The summed E-state index contributed by atoms with van der Waals surface area (Å²) in [6, 6.07) is 6.74. The highest BCUT2D eigenvalue weighted by molar-refractivity contribution is 7.92. The summed E-state index contributed by atoms with van der Waals surface area (Å²) < 4.78 is 24.4. The molecule has 4 heteroatoms. The molecule has 1 atom stereocenters. The van der Waals surface area contributed by atoms with E-state index in [4.69, 9.17) is 0 Å². The first-order chi connectivity index (χ1) is 7.51. The van der Waals surface area contributed by atoms with Gasteiger partial charge in [-0.05, 0) is 37.5 Å². The zero-order valence-corrected chi connectivity index (χ0v) is 9.96. The summed E-state index contributed by atoms with van der Waals surface area (Å²) in [5, 5.41) is -0.811. The van der Waals surface area contributed by atoms with Crippen LogP contribution in [0.4, 0.5) is 0 Å². The van der Waals surface area contributed by atoms with Gasteiger partial charge in [0.2, 0.25) is 0 Å². The maximum absolute atomic E-state index is 12.2. The van der Waals surface area contributed by atoms with E-state index in [-0.39, 0.29) is 10.7 Å². The quantitative estimate of drug-likeness (QED) is 0.790. The predicted octanol–water partition coefficient (Wildman–Crippen LogP) is 1.89. The van der Waals surface area contributed by atoms with Crippen LogP contribution >= 0.6 is 0 Å². The van der Waals surface area contributed by atoms with Crippen molar-refractivity contribution in [3.05, 3.63) is 29.8 Å². The molecule has 0 aliphatic heterocycles. The second-order valence-corrected chi connectivity index (χ2v) is 6.34. The summed E-state index contributed by atoms with van der Waals surface area (Å²) in [5.74, 6) is -0.137. The Hall–Kier alpha value is -1.16. The molecule has 1 aromatic rings. The van der Waals surface area contributed by atoms with Gasteiger partial charge in [-0.3, -0.25) is 4.79 Å². The molecule has 0 aromatic heterocycles. The van der Waals surface area contributed by atoms with Gasteiger partial charge in [0.1, 0.15) is 5.25 Å². The Kier molecular flexibility index (Phi) is 2.84. The SMILES string of the molecule is Cc1cccc(S(=O)(=O)C2CCCC2=O)c1. The Bertz CT molecular complexity index is 517. The van der Waals surface area contributed by atoms with E-state index in [0.29, 0.717) is 19.3 Å². The summed E-state index contributed by atoms with van der Waals surface area (Å²) in [4.78, 5) is 11.8. The van der Waals surface area contributed by atoms with E-state index in [1.54, 1.807) is 18.2 Å². The van der Waals surface area contributed by atoms with Crippen molar-refractivity contribution >= 4 is 15.6 Å². The number of ketones is 1. The molecular weight excluding hydrogens is 224 g/mol. The molecule has 86 valence electrons. The summed E-state index contributed by atoms with van der Waals surface area (Å²) in [7, 11) is -3.46. The van der Waals surface area contributed by atoms with Crippen LogP contribution < -0.4 is 0 Å². The van der Waals surface area contributed by atoms with Gasteiger partial charge >= 0.3 is 0 Å². The molecule has 1 unspecified atom stereocenters. The van der Waals surface area contributed by atoms with Crippen molar-refractivity contribution in [1.29, 1.82) is 0 Å². The lowest BCUT2D eigenvalue weighted by molar-refractivity contribution is -0.117. The molecule has 0 spiro atoms. The number of rotatable bonds is 2. The van der Waals surface area contributed by atoms with Gasteiger partial charge in [-0.1, -0.05) is 12.1 Å². The molecule has 1 aromatic carbocycles. The lowest BCUT2D eigenvalue weighted by Gasteiger charge is -2.10. The Labute approximate surface area is 95.4 Å². The molecule has 1 saturated carbocycles. The van der Waals surface area contributed by atoms with Crippen molar-refractivity contribution in [2.75, 3.05) is 0 Å². The molecular formula is C12H14O3S. The van der Waals surface area contributed by atoms with E-state index in [2.05, 4.69) is 0 Å². The van der Waals surface area contributed by atoms with Crippen LogP contribution in [0.5, 0.6) is 0 Å². The number of sulfone groups is 1. The molecule has 0 N–H and O–H groups in total. The number of carbonyl (C=O) groups excluding carboxylic acids is 1. The van der Waals surface area contributed by atoms with Crippen LogP contribution in [-0.4, -0.2) is 19.5 Å². The largest absolute Gasteiger partial charge is 0.298 e. The van der Waals surface area contributed by atoms with E-state index in [0.717, 1.165) is 5.56 Å². The van der Waals surface area contributed by atoms with Crippen molar-refractivity contribution in [3.63, 3.8) is 0 Å². The van der Waals surface area contributed by atoms with E-state index in [1.165, 1.54) is 0 Å². The van der Waals surface area contributed by atoms with E-state index in [1.807, 2.05) is 13.0 Å². The summed E-state index contributed by atoms with van der Waals surface area (Å²) in [5.41, 5.74) is 0.895. The van der Waals surface area contributed by atoms with Crippen LogP contribution in [0.25, 0.3) is 0 Å². The Morgan fingerprint density at radius 1 is 1.31 bits per heavy atom. The van der Waals surface area contributed by atoms with Crippen LogP contribution in [-0.2, 0) is 14.6 Å². The first-order valence-corrected chi connectivity index (χ1v) is 6.90. The lowest BCUT2D eigenvalue weighted by Crippen LogP contribution is -2.25. The fraction of sp³-hybridized carbons (Fsp3) is 0.417. The van der Waals surface area contributed by atoms with Gasteiger partial charge in [0.05, 0.1) is 4.90 Å². The van der Waals surface area contributed by atoms with Crippen molar-refractivity contribution in [2.24, 2.45) is 0 Å². The van der Waals surface area contributed by atoms with Crippen molar-refractivity contribution in [1.82, 2.24) is 0 Å². The molecule has 2 rings (SSSR count). The molecule has 1 fully saturated rings. The van der Waals surface area contributed by atoms with Gasteiger partial charge in [-0.15, -0.1) is 0 Å². The average molecular weight is 238 g/mol. The molecule has 3 nitrogen and oxygen atoms in total. The third kappa shape index (κ3) is 1.89. The molecule has 0 radical (unpaired) electrons. The Balaban J connectivity index is 2.43. The van der Waals surface area contributed by atoms with Gasteiger partial charge in [0.15, 0.2) is 15.6 Å². The smallest absolute Gasteiger partial charge is 0.188 e. The minimum atomic E-state index is -3.46. The second kappa shape index (κ2) is 4.01. The molecule has 0 heterocycles. The predicted molar refractivity (Wildman–Crippen MR) is 61.0 cm³/mol. The number of hydrogen-bond acceptors (Lipinski definition) is 3. The zero-order valence-electron chi connectivity index (χ0n) is 9.14. The van der Waals surface area contributed by atoms with Crippen LogP contribution in [0.3, 0.4) is 0 Å². The monoisotopic (exact) mass is 238 g/mol. The minimum absolute atomic E-state index is 0.137. The van der Waals surface area contributed by atoms with Gasteiger partial charge in [-0.2, -0.15) is 0 Å². The number of hydrogen-bond donors (Lipinski definition) is 0. The third-order valence-electron chi connectivity index (χ3n) is 2.94. The van der Waals surface area contributed by atoms with Crippen LogP contribution in [0.1, 0.15) is 24.8 Å². The molecule has 0 bridgehead atoms. The normalized spacial score (nSPS) is 21.3. The van der Waals surface area contributed by atoms with Gasteiger partial charge in [-0.25, -0.2) is 8.42 Å². The number of aryl methyl sites for hydroxylation is 1. The number of Topliss-reactive ketones (excluding diaryl/α,β-unsaturated/α-hetero) is 1. The highest BCUT2D eigenvalue weighted by Gasteiger charge is 2.36. The van der Waals surface area contributed by atoms with E-state index < -0.39 is 15.1 Å². The third-order valence-corrected chi connectivity index (χ3v) is 5.10. The fourth-order valence-electron chi connectivity index (χ4n) is 2.07. The molecule has 0 saturated heterocycles. The average Bonchev–Trinajstić information content (AvgIpc) is 2.65. The zero-order chi connectivity index (χ0) is 11.8. The summed E-state index contributed by atoms with van der Waals surface area (Å²) in [6.07, 6.45) is 1.55. The van der Waals surface area contributed by atoms with Crippen molar-refractivity contribution < 1.29 is 13.2 Å². The topological polar surface area (TPSA) is 51.2 Å². The summed E-state index contributed by atoms with van der Waals surface area (Å²) >= 11 is 0. The minimum Gasteiger partial charge on any atom is -0.298 e. The van der Waals surface area contributed by atoms with Crippen LogP contribution in [0.15, 0.2) is 29.2 Å². The van der Waals surface area contributed by atoms with E-state index >= 15 is 0 Å². The maximum atomic E-state index is 12.2. The highest BCUT2D eigenvalue weighted by Crippen LogP contribution is 2.27. The molecule has 0 amide bonds. The standard InChI is InChI=1S/C12H14O3S/c1-9-4-2-5-10(8-9)16(14,15)12-7-3-6-11(12)13/h2,4-5,8,12H,3,6-7H2,1H3. The molecule has 1 aliphatic rings. The lowest BCUT2D eigenvalue weighted by atomic mass is 10.2. The fourth-order valence-corrected chi connectivity index (χ4v) is 3.96. The summed E-state index contributed by atoms with van der Waals surface area (Å²) in [6.45, 7) is 1.84. The van der Waals surface area contributed by atoms with Crippen LogP contribution in [0, 0.1) is 6.92 Å². The second-order valence-electron chi connectivity index (χ2n) is 4.21. The van der Waals surface area contributed by atoms with Gasteiger partial charge in [0, 0.05) is 6.42 Å². The number of benzene rings is 1. The maximum Gasteiger partial charge on any atom is 0.188 e. The molecule has 16 heavy (non-hydrogen) atoms. The first-order valence-electron chi connectivity index (χ1n) is 5.35. The highest BCUT2D eigenvalue weighted by atomic mass is 32.2. The Morgan fingerprint density at radius 3 is 2.62 bits per heavy atom. The Morgan fingerprint density at radius 2 is 2.06 bits per heavy atom. The van der Waals surface area contributed by atoms with E-state index in [9.17, 15) is 13.2 Å². The van der Waals surface area contributed by atoms with Crippen molar-refractivity contribution in [3.8, 4) is 0 Å². The van der Waals surface area contributed by atoms with Gasteiger partial charge in [0.25, 0.3) is 0 Å². The van der Waals surface area contributed by atoms with Gasteiger partial charge < -0.3 is 0 Å². The molecule has 1 aliphatic carbocycles.